The van der Waals surface area contributed by atoms with E-state index < -0.39 is 23.8 Å². The van der Waals surface area contributed by atoms with Crippen LogP contribution < -0.4 is 20.7 Å². The largest absolute Gasteiger partial charge is 0.484 e. The molecule has 1 fully saturated rings. The van der Waals surface area contributed by atoms with Crippen LogP contribution in [0, 0.1) is 0 Å². The van der Waals surface area contributed by atoms with Gasteiger partial charge in [-0.1, -0.05) is 35.3 Å². The molecular formula is C19H13Cl2N3O5. The molecule has 10 heteroatoms. The summed E-state index contributed by atoms with van der Waals surface area (Å²) in [6, 6.07) is 10.2. The number of hydrogen-bond acceptors (Lipinski definition) is 5. The standard InChI is InChI=1S/C19H13Cl2N3O5/c20-14-6-3-11(8-15(14)21)22-16(25)9-29-12-4-1-10(2-5-12)7-13-17(26)23-19(28)24-18(13)27/h1-8H,9H2,(H,22,25)(H2,23,24,26,27,28). The Morgan fingerprint density at radius 2 is 1.62 bits per heavy atom. The van der Waals surface area contributed by atoms with E-state index in [2.05, 4.69) is 5.32 Å². The predicted octanol–water partition coefficient (Wildman–Crippen LogP) is 2.76. The zero-order valence-electron chi connectivity index (χ0n) is 14.6. The number of benzene rings is 2. The number of carbonyl (C=O) groups excluding carboxylic acids is 4. The van der Waals surface area contributed by atoms with Crippen molar-refractivity contribution in [1.82, 2.24) is 10.6 Å². The van der Waals surface area contributed by atoms with Crippen molar-refractivity contribution >= 4 is 58.7 Å². The van der Waals surface area contributed by atoms with Crippen LogP contribution in [-0.4, -0.2) is 30.4 Å². The number of ether oxygens (including phenoxy) is 1. The third-order valence-electron chi connectivity index (χ3n) is 3.71. The molecule has 0 bridgehead atoms. The number of hydrogen-bond donors (Lipinski definition) is 3. The van der Waals surface area contributed by atoms with Gasteiger partial charge in [-0.25, -0.2) is 4.79 Å². The number of barbiturate groups is 1. The van der Waals surface area contributed by atoms with Gasteiger partial charge in [0.05, 0.1) is 10.0 Å². The number of halogens is 2. The van der Waals surface area contributed by atoms with Gasteiger partial charge < -0.3 is 10.1 Å². The lowest BCUT2D eigenvalue weighted by atomic mass is 10.1. The van der Waals surface area contributed by atoms with E-state index >= 15 is 0 Å². The summed E-state index contributed by atoms with van der Waals surface area (Å²) >= 11 is 11.7. The Kier molecular flexibility index (Phi) is 6.16. The zero-order chi connectivity index (χ0) is 21.0. The summed E-state index contributed by atoms with van der Waals surface area (Å²) in [6.45, 7) is -0.242. The summed E-state index contributed by atoms with van der Waals surface area (Å²) in [5.41, 5.74) is 0.823. The van der Waals surface area contributed by atoms with Gasteiger partial charge >= 0.3 is 6.03 Å². The van der Waals surface area contributed by atoms with Crippen molar-refractivity contribution in [2.24, 2.45) is 0 Å². The predicted molar refractivity (Wildman–Crippen MR) is 107 cm³/mol. The van der Waals surface area contributed by atoms with Gasteiger partial charge in [0, 0.05) is 5.69 Å². The molecule has 29 heavy (non-hydrogen) atoms. The smallest absolute Gasteiger partial charge is 0.328 e. The van der Waals surface area contributed by atoms with E-state index in [1.54, 1.807) is 36.4 Å². The van der Waals surface area contributed by atoms with E-state index in [0.717, 1.165) is 0 Å². The minimum Gasteiger partial charge on any atom is -0.484 e. The first-order valence-corrected chi connectivity index (χ1v) is 8.93. The van der Waals surface area contributed by atoms with Crippen molar-refractivity contribution in [3.05, 3.63) is 63.6 Å². The highest BCUT2D eigenvalue weighted by Gasteiger charge is 2.27. The maximum atomic E-state index is 12.0. The third-order valence-corrected chi connectivity index (χ3v) is 4.45. The maximum Gasteiger partial charge on any atom is 0.328 e. The summed E-state index contributed by atoms with van der Waals surface area (Å²) in [7, 11) is 0. The summed E-state index contributed by atoms with van der Waals surface area (Å²) in [5, 5.41) is 7.30. The zero-order valence-corrected chi connectivity index (χ0v) is 16.1. The molecule has 0 atom stereocenters. The average Bonchev–Trinajstić information content (AvgIpc) is 2.67. The van der Waals surface area contributed by atoms with Crippen molar-refractivity contribution in [2.45, 2.75) is 0 Å². The minimum absolute atomic E-state index is 0.195. The van der Waals surface area contributed by atoms with Crippen LogP contribution >= 0.6 is 23.2 Å². The topological polar surface area (TPSA) is 114 Å². The van der Waals surface area contributed by atoms with Crippen molar-refractivity contribution in [2.75, 3.05) is 11.9 Å². The number of rotatable bonds is 5. The van der Waals surface area contributed by atoms with Gasteiger partial charge in [0.25, 0.3) is 17.7 Å². The molecule has 8 nitrogen and oxygen atoms in total. The molecule has 2 aromatic rings. The Balaban J connectivity index is 1.57. The fourth-order valence-corrected chi connectivity index (χ4v) is 2.65. The number of nitrogens with one attached hydrogen (secondary N) is 3. The lowest BCUT2D eigenvalue weighted by Gasteiger charge is -2.14. The van der Waals surface area contributed by atoms with Crippen LogP contribution in [0.4, 0.5) is 10.5 Å². The molecule has 3 N–H and O–H groups in total. The molecule has 0 saturated carbocycles. The van der Waals surface area contributed by atoms with Crippen molar-refractivity contribution in [1.29, 1.82) is 0 Å². The van der Waals surface area contributed by atoms with Crippen molar-refractivity contribution < 1.29 is 23.9 Å². The Morgan fingerprint density at radius 1 is 0.966 bits per heavy atom. The molecule has 1 aliphatic rings. The summed E-state index contributed by atoms with van der Waals surface area (Å²) in [5.74, 6) is -1.55. The molecule has 1 heterocycles. The fourth-order valence-electron chi connectivity index (χ4n) is 2.35. The molecule has 0 spiro atoms. The lowest BCUT2D eigenvalue weighted by molar-refractivity contribution is -0.124. The molecule has 2 aromatic carbocycles. The van der Waals surface area contributed by atoms with Crippen LogP contribution in [0.1, 0.15) is 5.56 Å². The van der Waals surface area contributed by atoms with Gasteiger partial charge in [-0.2, -0.15) is 0 Å². The second-order valence-electron chi connectivity index (χ2n) is 5.83. The molecule has 5 amide bonds. The second-order valence-corrected chi connectivity index (χ2v) is 6.64. The number of amides is 5. The van der Waals surface area contributed by atoms with E-state index in [0.29, 0.717) is 27.0 Å². The van der Waals surface area contributed by atoms with E-state index in [9.17, 15) is 19.2 Å². The van der Waals surface area contributed by atoms with Gasteiger partial charge in [-0.05, 0) is 42.0 Å². The van der Waals surface area contributed by atoms with Gasteiger partial charge in [0.2, 0.25) is 0 Å². The number of anilines is 1. The molecule has 1 saturated heterocycles. The van der Waals surface area contributed by atoms with Gasteiger partial charge in [0.1, 0.15) is 11.3 Å². The summed E-state index contributed by atoms with van der Waals surface area (Å²) < 4.78 is 5.40. The van der Waals surface area contributed by atoms with Crippen LogP contribution in [0.2, 0.25) is 10.0 Å². The van der Waals surface area contributed by atoms with Crippen LogP contribution in [-0.2, 0) is 14.4 Å². The van der Waals surface area contributed by atoms with Crippen LogP contribution in [0.5, 0.6) is 5.75 Å². The third kappa shape index (κ3) is 5.34. The lowest BCUT2D eigenvalue weighted by Crippen LogP contribution is -2.51. The first-order chi connectivity index (χ1) is 13.8. The molecule has 148 valence electrons. The maximum absolute atomic E-state index is 12.0. The van der Waals surface area contributed by atoms with E-state index in [-0.39, 0.29) is 12.2 Å². The van der Waals surface area contributed by atoms with Crippen LogP contribution in [0.15, 0.2) is 48.0 Å². The molecule has 0 radical (unpaired) electrons. The Bertz CT molecular complexity index is 1010. The SMILES string of the molecule is O=C(COc1ccc(C=C2C(=O)NC(=O)NC2=O)cc1)Nc1ccc(Cl)c(Cl)c1. The highest BCUT2D eigenvalue weighted by molar-refractivity contribution is 6.42. The van der Waals surface area contributed by atoms with Gasteiger partial charge in [-0.15, -0.1) is 0 Å². The highest BCUT2D eigenvalue weighted by atomic mass is 35.5. The average molecular weight is 434 g/mol. The molecule has 0 aliphatic carbocycles. The van der Waals surface area contributed by atoms with E-state index in [1.165, 1.54) is 12.1 Å². The van der Waals surface area contributed by atoms with Gasteiger partial charge in [-0.3, -0.25) is 25.0 Å². The molecule has 1 aliphatic heterocycles. The summed E-state index contributed by atoms with van der Waals surface area (Å²) in [6.07, 6.45) is 1.33. The monoisotopic (exact) mass is 433 g/mol. The highest BCUT2D eigenvalue weighted by Crippen LogP contribution is 2.25. The van der Waals surface area contributed by atoms with Crippen LogP contribution in [0.25, 0.3) is 6.08 Å². The Hall–Kier alpha value is -3.36. The second kappa shape index (κ2) is 8.76. The first-order valence-electron chi connectivity index (χ1n) is 8.18. The quantitative estimate of drug-likeness (QED) is 0.495. The van der Waals surface area contributed by atoms with E-state index in [4.69, 9.17) is 27.9 Å². The number of carbonyl (C=O) groups is 4. The Labute approximate surface area is 174 Å². The number of urea groups is 1. The molecule has 3 rings (SSSR count). The Morgan fingerprint density at radius 3 is 2.24 bits per heavy atom. The fraction of sp³-hybridized carbons (Fsp3) is 0.0526. The van der Waals surface area contributed by atoms with E-state index in [1.807, 2.05) is 10.6 Å². The first kappa shape index (κ1) is 20.4. The van der Waals surface area contributed by atoms with Crippen LogP contribution in [0.3, 0.4) is 0 Å². The van der Waals surface area contributed by atoms with Crippen molar-refractivity contribution in [3.63, 3.8) is 0 Å². The normalized spacial score (nSPS) is 13.4. The van der Waals surface area contributed by atoms with Crippen molar-refractivity contribution in [3.8, 4) is 5.75 Å². The van der Waals surface area contributed by atoms with Gasteiger partial charge in [0.15, 0.2) is 6.61 Å². The molecule has 0 aromatic heterocycles. The summed E-state index contributed by atoms with van der Waals surface area (Å²) in [4.78, 5) is 46.4. The number of imide groups is 2. The molecular weight excluding hydrogens is 421 g/mol. The molecule has 0 unspecified atom stereocenters. The minimum atomic E-state index is -0.861.